The van der Waals surface area contributed by atoms with Crippen molar-refractivity contribution in [2.75, 3.05) is 28.4 Å². The third-order valence-corrected chi connectivity index (χ3v) is 1.49. The number of hydrogen-bond donors (Lipinski definition) is 0. The smallest absolute Gasteiger partial charge is 0.250 e. The van der Waals surface area contributed by atoms with E-state index < -0.39 is 6.29 Å². The lowest BCUT2D eigenvalue weighted by Crippen LogP contribution is -2.30. The molecule has 0 aromatic rings. The molecule has 12 heavy (non-hydrogen) atoms. The molecule has 5 nitrogen and oxygen atoms in total. The van der Waals surface area contributed by atoms with Gasteiger partial charge in [-0.05, 0) is 0 Å². The van der Waals surface area contributed by atoms with Crippen LogP contribution in [-0.4, -0.2) is 45.6 Å². The first-order chi connectivity index (χ1) is 5.65. The zero-order valence-electron chi connectivity index (χ0n) is 7.86. The molecule has 0 N–H and O–H groups in total. The number of rotatable bonds is 5. The van der Waals surface area contributed by atoms with Crippen molar-refractivity contribution < 1.29 is 19.1 Å². The van der Waals surface area contributed by atoms with Crippen molar-refractivity contribution in [3.8, 4) is 0 Å². The lowest BCUT2D eigenvalue weighted by Gasteiger charge is -2.17. The lowest BCUT2D eigenvalue weighted by atomic mass is 10.4. The maximum atomic E-state index is 11.1. The number of hydroxylamine groups is 2. The Bertz CT molecular complexity index is 135. The average Bonchev–Trinajstić information content (AvgIpc) is 2.12. The molecule has 0 saturated heterocycles. The molecule has 0 heterocycles. The van der Waals surface area contributed by atoms with Crippen LogP contribution in [0.2, 0.25) is 0 Å². The number of carbonyl (C=O) groups excluding carboxylic acids is 1. The van der Waals surface area contributed by atoms with Crippen LogP contribution >= 0.6 is 0 Å². The normalized spacial score (nSPS) is 10.4. The summed E-state index contributed by atoms with van der Waals surface area (Å²) < 4.78 is 9.68. The molecule has 0 rings (SSSR count). The van der Waals surface area contributed by atoms with E-state index in [0.717, 1.165) is 5.06 Å². The molecule has 0 fully saturated rings. The highest BCUT2D eigenvalue weighted by Crippen LogP contribution is 2.00. The number of carbonyl (C=O) groups is 1. The molecule has 0 bridgehead atoms. The Hall–Kier alpha value is -0.650. The molecule has 0 aliphatic rings. The van der Waals surface area contributed by atoms with Crippen molar-refractivity contribution in [3.05, 3.63) is 0 Å². The molecule has 0 atom stereocenters. The van der Waals surface area contributed by atoms with Gasteiger partial charge in [-0.2, -0.15) is 0 Å². The highest BCUT2D eigenvalue weighted by Gasteiger charge is 2.15. The maximum Gasteiger partial charge on any atom is 0.250 e. The van der Waals surface area contributed by atoms with Gasteiger partial charge in [0.25, 0.3) is 5.91 Å². The molecule has 0 aliphatic carbocycles. The van der Waals surface area contributed by atoms with Gasteiger partial charge in [-0.3, -0.25) is 9.63 Å². The van der Waals surface area contributed by atoms with E-state index in [1.54, 1.807) is 0 Å². The van der Waals surface area contributed by atoms with Crippen LogP contribution in [0.25, 0.3) is 0 Å². The second-order valence-corrected chi connectivity index (χ2v) is 2.18. The van der Waals surface area contributed by atoms with E-state index in [-0.39, 0.29) is 12.3 Å². The Balaban J connectivity index is 3.81. The van der Waals surface area contributed by atoms with Gasteiger partial charge in [0, 0.05) is 21.3 Å². The Morgan fingerprint density at radius 1 is 1.33 bits per heavy atom. The van der Waals surface area contributed by atoms with Gasteiger partial charge >= 0.3 is 0 Å². The predicted octanol–water partition coefficient (Wildman–Crippen LogP) is 0.0152. The zero-order valence-corrected chi connectivity index (χ0v) is 7.86. The van der Waals surface area contributed by atoms with Crippen molar-refractivity contribution in [2.24, 2.45) is 0 Å². The first kappa shape index (κ1) is 11.4. The molecule has 0 radical (unpaired) electrons. The Labute approximate surface area is 72.1 Å². The van der Waals surface area contributed by atoms with Gasteiger partial charge < -0.3 is 9.47 Å². The fourth-order valence-electron chi connectivity index (χ4n) is 0.636. The topological polar surface area (TPSA) is 48.0 Å². The second-order valence-electron chi connectivity index (χ2n) is 2.18. The van der Waals surface area contributed by atoms with Crippen molar-refractivity contribution in [1.29, 1.82) is 0 Å². The van der Waals surface area contributed by atoms with Gasteiger partial charge in [-0.1, -0.05) is 0 Å². The van der Waals surface area contributed by atoms with Gasteiger partial charge in [-0.25, -0.2) is 5.06 Å². The first-order valence-corrected chi connectivity index (χ1v) is 3.52. The molecule has 0 unspecified atom stereocenters. The summed E-state index contributed by atoms with van der Waals surface area (Å²) in [5.74, 6) is -0.189. The molecule has 0 saturated carbocycles. The van der Waals surface area contributed by atoms with E-state index in [1.807, 2.05) is 0 Å². The molecule has 0 spiro atoms. The summed E-state index contributed by atoms with van der Waals surface area (Å²) in [5, 5.41) is 1.13. The summed E-state index contributed by atoms with van der Waals surface area (Å²) in [6, 6.07) is 0. The van der Waals surface area contributed by atoms with E-state index in [4.69, 9.17) is 9.47 Å². The van der Waals surface area contributed by atoms with E-state index in [0.29, 0.717) is 0 Å². The number of hydrogen-bond acceptors (Lipinski definition) is 4. The van der Waals surface area contributed by atoms with Gasteiger partial charge in [0.15, 0.2) is 6.29 Å². The number of nitrogens with zero attached hydrogens (tertiary/aromatic N) is 1. The van der Waals surface area contributed by atoms with E-state index >= 15 is 0 Å². The van der Waals surface area contributed by atoms with Crippen molar-refractivity contribution in [2.45, 2.75) is 12.7 Å². The molecule has 5 heteroatoms. The summed E-state index contributed by atoms with van der Waals surface area (Å²) >= 11 is 0. The standard InChI is InChI=1S/C7H15NO4/c1-8(12-4)6(9)5-7(10-2)11-3/h7H,5H2,1-4H3. The zero-order chi connectivity index (χ0) is 9.56. The van der Waals surface area contributed by atoms with Gasteiger partial charge in [0.2, 0.25) is 0 Å². The Morgan fingerprint density at radius 3 is 2.17 bits per heavy atom. The minimum absolute atomic E-state index is 0.150. The van der Waals surface area contributed by atoms with Crippen molar-refractivity contribution >= 4 is 5.91 Å². The molecule has 1 amide bonds. The van der Waals surface area contributed by atoms with Crippen molar-refractivity contribution in [1.82, 2.24) is 5.06 Å². The van der Waals surface area contributed by atoms with Crippen LogP contribution in [0, 0.1) is 0 Å². The van der Waals surface area contributed by atoms with Gasteiger partial charge in [-0.15, -0.1) is 0 Å². The third kappa shape index (κ3) is 3.66. The van der Waals surface area contributed by atoms with Crippen LogP contribution in [0.1, 0.15) is 6.42 Å². The molecular weight excluding hydrogens is 162 g/mol. The SMILES string of the molecule is COC(CC(=O)N(C)OC)OC. The largest absolute Gasteiger partial charge is 0.355 e. The monoisotopic (exact) mass is 177 g/mol. The molecule has 0 aliphatic heterocycles. The highest BCUT2D eigenvalue weighted by molar-refractivity contribution is 5.75. The summed E-state index contributed by atoms with van der Waals surface area (Å²) in [6.07, 6.45) is -0.354. The van der Waals surface area contributed by atoms with Crippen LogP contribution < -0.4 is 0 Å². The number of methoxy groups -OCH3 is 2. The Morgan fingerprint density at radius 2 is 1.83 bits per heavy atom. The summed E-state index contributed by atoms with van der Waals surface area (Å²) in [5.41, 5.74) is 0. The van der Waals surface area contributed by atoms with Gasteiger partial charge in [0.1, 0.15) is 0 Å². The van der Waals surface area contributed by atoms with Crippen LogP contribution in [0.15, 0.2) is 0 Å². The molecule has 72 valence electrons. The minimum Gasteiger partial charge on any atom is -0.355 e. The van der Waals surface area contributed by atoms with Crippen molar-refractivity contribution in [3.63, 3.8) is 0 Å². The number of amides is 1. The summed E-state index contributed by atoms with van der Waals surface area (Å²) in [4.78, 5) is 15.8. The van der Waals surface area contributed by atoms with Crippen LogP contribution in [0.4, 0.5) is 0 Å². The van der Waals surface area contributed by atoms with E-state index in [2.05, 4.69) is 4.84 Å². The second kappa shape index (κ2) is 5.93. The van der Waals surface area contributed by atoms with E-state index in [9.17, 15) is 4.79 Å². The molecule has 0 aromatic carbocycles. The minimum atomic E-state index is -0.505. The fourth-order valence-corrected chi connectivity index (χ4v) is 0.636. The fraction of sp³-hybridized carbons (Fsp3) is 0.857. The summed E-state index contributed by atoms with van der Waals surface area (Å²) in [7, 11) is 5.92. The summed E-state index contributed by atoms with van der Waals surface area (Å²) in [6.45, 7) is 0. The molecule has 0 aromatic heterocycles. The average molecular weight is 177 g/mol. The number of ether oxygens (including phenoxy) is 2. The third-order valence-electron chi connectivity index (χ3n) is 1.49. The molecular formula is C7H15NO4. The van der Waals surface area contributed by atoms with E-state index in [1.165, 1.54) is 28.4 Å². The highest BCUT2D eigenvalue weighted by atomic mass is 16.7. The lowest BCUT2D eigenvalue weighted by molar-refractivity contribution is -0.180. The van der Waals surface area contributed by atoms with Crippen LogP contribution in [0.5, 0.6) is 0 Å². The first-order valence-electron chi connectivity index (χ1n) is 3.52. The van der Waals surface area contributed by atoms with Gasteiger partial charge in [0.05, 0.1) is 13.5 Å². The predicted molar refractivity (Wildman–Crippen MR) is 42.2 cm³/mol. The maximum absolute atomic E-state index is 11.1. The van der Waals surface area contributed by atoms with Crippen LogP contribution in [0.3, 0.4) is 0 Å². The van der Waals surface area contributed by atoms with Crippen LogP contribution in [-0.2, 0) is 19.1 Å². The quantitative estimate of drug-likeness (QED) is 0.438. The Kier molecular flexibility index (Phi) is 5.61.